The molecule has 2 aromatic heterocycles. The zero-order valence-corrected chi connectivity index (χ0v) is 19.1. The lowest BCUT2D eigenvalue weighted by Gasteiger charge is -2.37. The number of piperidine rings is 1. The van der Waals surface area contributed by atoms with E-state index in [-0.39, 0.29) is 17.1 Å². The van der Waals surface area contributed by atoms with Gasteiger partial charge in [0.2, 0.25) is 0 Å². The van der Waals surface area contributed by atoms with Crippen molar-refractivity contribution in [3.8, 4) is 5.75 Å². The Bertz CT molecular complexity index is 1110. The summed E-state index contributed by atoms with van der Waals surface area (Å²) in [4.78, 5) is 18.7. The standard InChI is InChI=1S/C23H32N6O2/c1-6-23(3,4)29-21(25-26-27-29)20(28-11-9-15(2)10-12-28)18-13-16-7-8-17(31-5)14-19(16)24-22(18)30/h7-8,13-15,20H,6,9-12H2,1-5H3,(H,24,30)/t20-/m0/s1. The van der Waals surface area contributed by atoms with E-state index < -0.39 is 0 Å². The van der Waals surface area contributed by atoms with Crippen LogP contribution in [0.4, 0.5) is 0 Å². The number of nitrogens with zero attached hydrogens (tertiary/aromatic N) is 5. The number of tetrazole rings is 1. The van der Waals surface area contributed by atoms with Crippen LogP contribution in [0.1, 0.15) is 64.4 Å². The molecule has 1 fully saturated rings. The van der Waals surface area contributed by atoms with Gasteiger partial charge in [-0.15, -0.1) is 5.10 Å². The van der Waals surface area contributed by atoms with Gasteiger partial charge in [-0.1, -0.05) is 13.8 Å². The lowest BCUT2D eigenvalue weighted by molar-refractivity contribution is 0.143. The molecule has 0 amide bonds. The van der Waals surface area contributed by atoms with Crippen LogP contribution < -0.4 is 10.3 Å². The highest BCUT2D eigenvalue weighted by molar-refractivity contribution is 5.80. The third kappa shape index (κ3) is 4.08. The fourth-order valence-electron chi connectivity index (χ4n) is 4.26. The van der Waals surface area contributed by atoms with Gasteiger partial charge in [0.05, 0.1) is 18.2 Å². The Morgan fingerprint density at radius 2 is 2.00 bits per heavy atom. The van der Waals surface area contributed by atoms with E-state index in [0.717, 1.165) is 49.1 Å². The van der Waals surface area contributed by atoms with Crippen molar-refractivity contribution in [2.45, 2.75) is 58.5 Å². The van der Waals surface area contributed by atoms with Crippen molar-refractivity contribution in [1.82, 2.24) is 30.1 Å². The average Bonchev–Trinajstić information content (AvgIpc) is 3.25. The Hall–Kier alpha value is -2.74. The molecule has 0 aliphatic carbocycles. The third-order valence-electron chi connectivity index (χ3n) is 6.74. The van der Waals surface area contributed by atoms with Gasteiger partial charge in [0.15, 0.2) is 5.82 Å². The molecule has 166 valence electrons. The summed E-state index contributed by atoms with van der Waals surface area (Å²) in [5, 5.41) is 13.7. The second kappa shape index (κ2) is 8.42. The molecule has 0 radical (unpaired) electrons. The molecule has 8 nitrogen and oxygen atoms in total. The van der Waals surface area contributed by atoms with Gasteiger partial charge in [-0.25, -0.2) is 4.68 Å². The Balaban J connectivity index is 1.87. The van der Waals surface area contributed by atoms with Crippen molar-refractivity contribution in [1.29, 1.82) is 0 Å². The van der Waals surface area contributed by atoms with E-state index in [0.29, 0.717) is 17.2 Å². The fraction of sp³-hybridized carbons (Fsp3) is 0.565. The first-order valence-corrected chi connectivity index (χ1v) is 11.1. The van der Waals surface area contributed by atoms with Gasteiger partial charge in [-0.2, -0.15) is 0 Å². The first kappa shape index (κ1) is 21.5. The van der Waals surface area contributed by atoms with Gasteiger partial charge in [-0.05, 0) is 86.1 Å². The number of benzene rings is 1. The monoisotopic (exact) mass is 424 g/mol. The van der Waals surface area contributed by atoms with Crippen LogP contribution in [-0.4, -0.2) is 50.3 Å². The summed E-state index contributed by atoms with van der Waals surface area (Å²) in [5.74, 6) is 2.12. The van der Waals surface area contributed by atoms with Crippen molar-refractivity contribution in [3.05, 3.63) is 46.0 Å². The van der Waals surface area contributed by atoms with Crippen LogP contribution in [0.2, 0.25) is 0 Å². The summed E-state index contributed by atoms with van der Waals surface area (Å²) in [5.41, 5.74) is 1.06. The van der Waals surface area contributed by atoms with Gasteiger partial charge in [0.1, 0.15) is 11.8 Å². The minimum Gasteiger partial charge on any atom is -0.497 e. The molecule has 3 aromatic rings. The molecule has 1 aliphatic heterocycles. The van der Waals surface area contributed by atoms with E-state index in [9.17, 15) is 4.79 Å². The zero-order valence-electron chi connectivity index (χ0n) is 19.1. The highest BCUT2D eigenvalue weighted by Gasteiger charge is 2.35. The number of aromatic amines is 1. The van der Waals surface area contributed by atoms with Crippen LogP contribution in [0.15, 0.2) is 29.1 Å². The number of likely N-dealkylation sites (tertiary alicyclic amines) is 1. The van der Waals surface area contributed by atoms with Crippen LogP contribution in [0.25, 0.3) is 10.9 Å². The largest absolute Gasteiger partial charge is 0.497 e. The Labute approximate surface area is 182 Å². The Kier molecular flexibility index (Phi) is 5.83. The topological polar surface area (TPSA) is 88.9 Å². The summed E-state index contributed by atoms with van der Waals surface area (Å²) in [6.07, 6.45) is 3.07. The van der Waals surface area contributed by atoms with Crippen LogP contribution >= 0.6 is 0 Å². The number of pyridine rings is 1. The predicted octanol–water partition coefficient (Wildman–Crippen LogP) is 3.49. The fourth-order valence-corrected chi connectivity index (χ4v) is 4.26. The van der Waals surface area contributed by atoms with Gasteiger partial charge >= 0.3 is 0 Å². The summed E-state index contributed by atoms with van der Waals surface area (Å²) < 4.78 is 7.21. The molecule has 31 heavy (non-hydrogen) atoms. The molecule has 0 saturated carbocycles. The van der Waals surface area contributed by atoms with Crippen LogP contribution in [-0.2, 0) is 5.54 Å². The molecule has 1 atom stereocenters. The smallest absolute Gasteiger partial charge is 0.253 e. The summed E-state index contributed by atoms with van der Waals surface area (Å²) in [6, 6.07) is 7.41. The number of fused-ring (bicyclic) bond motifs is 1. The van der Waals surface area contributed by atoms with E-state index >= 15 is 0 Å². The van der Waals surface area contributed by atoms with Gasteiger partial charge in [0.25, 0.3) is 5.56 Å². The minimum absolute atomic E-state index is 0.117. The zero-order chi connectivity index (χ0) is 22.2. The van der Waals surface area contributed by atoms with Crippen LogP contribution in [0.3, 0.4) is 0 Å². The van der Waals surface area contributed by atoms with Crippen molar-refractivity contribution in [2.75, 3.05) is 20.2 Å². The molecule has 1 saturated heterocycles. The molecule has 1 aliphatic rings. The molecule has 0 bridgehead atoms. The molecule has 0 unspecified atom stereocenters. The predicted molar refractivity (Wildman–Crippen MR) is 120 cm³/mol. The second-order valence-electron chi connectivity index (χ2n) is 9.24. The number of aromatic nitrogens is 5. The summed E-state index contributed by atoms with van der Waals surface area (Å²) in [7, 11) is 1.62. The summed E-state index contributed by atoms with van der Waals surface area (Å²) in [6.45, 7) is 10.5. The minimum atomic E-state index is -0.302. The van der Waals surface area contributed by atoms with E-state index in [1.807, 2.05) is 28.9 Å². The number of H-pyrrole nitrogens is 1. The molecule has 0 spiro atoms. The number of ether oxygens (including phenoxy) is 1. The normalized spacial score (nSPS) is 17.2. The molecule has 1 aromatic carbocycles. The summed E-state index contributed by atoms with van der Waals surface area (Å²) >= 11 is 0. The molecule has 3 heterocycles. The quantitative estimate of drug-likeness (QED) is 0.652. The van der Waals surface area contributed by atoms with Crippen molar-refractivity contribution in [3.63, 3.8) is 0 Å². The Morgan fingerprint density at radius 3 is 2.68 bits per heavy atom. The number of nitrogens with one attached hydrogen (secondary N) is 1. The average molecular weight is 425 g/mol. The van der Waals surface area contributed by atoms with Gasteiger partial charge < -0.3 is 9.72 Å². The highest BCUT2D eigenvalue weighted by Crippen LogP contribution is 2.33. The first-order valence-electron chi connectivity index (χ1n) is 11.1. The lowest BCUT2D eigenvalue weighted by atomic mass is 9.94. The van der Waals surface area contributed by atoms with E-state index in [4.69, 9.17) is 4.74 Å². The highest BCUT2D eigenvalue weighted by atomic mass is 16.5. The lowest BCUT2D eigenvalue weighted by Crippen LogP contribution is -2.41. The number of rotatable bonds is 6. The van der Waals surface area contributed by atoms with Crippen molar-refractivity contribution < 1.29 is 4.74 Å². The molecule has 8 heteroatoms. The first-order chi connectivity index (χ1) is 14.8. The SMILES string of the molecule is CCC(C)(C)n1nnnc1[C@H](c1cc2ccc(OC)cc2[nH]c1=O)N1CCC(C)CC1. The molecular formula is C23H32N6O2. The van der Waals surface area contributed by atoms with E-state index in [1.165, 1.54) is 0 Å². The maximum atomic E-state index is 13.3. The van der Waals surface area contributed by atoms with E-state index in [2.05, 4.69) is 53.1 Å². The van der Waals surface area contributed by atoms with Crippen molar-refractivity contribution >= 4 is 10.9 Å². The van der Waals surface area contributed by atoms with Crippen molar-refractivity contribution in [2.24, 2.45) is 5.92 Å². The van der Waals surface area contributed by atoms with Crippen LogP contribution in [0, 0.1) is 5.92 Å². The maximum absolute atomic E-state index is 13.3. The second-order valence-corrected chi connectivity index (χ2v) is 9.24. The number of hydrogen-bond donors (Lipinski definition) is 1. The van der Waals surface area contributed by atoms with Gasteiger partial charge in [0, 0.05) is 11.6 Å². The van der Waals surface area contributed by atoms with Gasteiger partial charge in [-0.3, -0.25) is 9.69 Å². The van der Waals surface area contributed by atoms with E-state index in [1.54, 1.807) is 7.11 Å². The maximum Gasteiger partial charge on any atom is 0.253 e. The van der Waals surface area contributed by atoms with Crippen LogP contribution in [0.5, 0.6) is 5.75 Å². The number of methoxy groups -OCH3 is 1. The number of hydrogen-bond acceptors (Lipinski definition) is 6. The molecular weight excluding hydrogens is 392 g/mol. The molecule has 1 N–H and O–H groups in total. The Morgan fingerprint density at radius 1 is 1.26 bits per heavy atom. The molecule has 4 rings (SSSR count). The third-order valence-corrected chi connectivity index (χ3v) is 6.74.